The Kier molecular flexibility index (Phi) is 6.26. The van der Waals surface area contributed by atoms with Crippen LogP contribution in [-0.4, -0.2) is 20.9 Å². The molecular formula is C25H16ClN3O5S. The standard InChI is InChI=1S/C25H16ClN3O5S/c26-20-10-8-16(13-21(20)29(31)32)22-11-9-18(34-22)14-23-24(30)28(15-19-7-4-12-33-19)25(35-23)27-17-5-2-1-3-6-17/h1-14H,15H2/b23-14+,27-25?. The van der Waals surface area contributed by atoms with E-state index >= 15 is 0 Å². The molecule has 0 atom stereocenters. The molecule has 8 nitrogen and oxygen atoms in total. The largest absolute Gasteiger partial charge is 0.467 e. The van der Waals surface area contributed by atoms with Crippen LogP contribution >= 0.6 is 23.4 Å². The van der Waals surface area contributed by atoms with Crippen molar-refractivity contribution >= 4 is 51.9 Å². The zero-order chi connectivity index (χ0) is 24.4. The first-order chi connectivity index (χ1) is 17.0. The Balaban J connectivity index is 1.45. The number of amidine groups is 1. The molecule has 1 aliphatic rings. The fourth-order valence-corrected chi connectivity index (χ4v) is 4.59. The van der Waals surface area contributed by atoms with Crippen LogP contribution in [0.4, 0.5) is 11.4 Å². The van der Waals surface area contributed by atoms with E-state index in [2.05, 4.69) is 4.99 Å². The lowest BCUT2D eigenvalue weighted by atomic mass is 10.1. The van der Waals surface area contributed by atoms with E-state index in [-0.39, 0.29) is 23.2 Å². The van der Waals surface area contributed by atoms with E-state index in [0.29, 0.717) is 32.9 Å². The highest BCUT2D eigenvalue weighted by molar-refractivity contribution is 8.18. The topological polar surface area (TPSA) is 102 Å². The minimum Gasteiger partial charge on any atom is -0.467 e. The SMILES string of the molecule is O=C1/C(=C\c2ccc(-c3ccc(Cl)c([N+](=O)[O-])c3)o2)SC(=Nc2ccccc2)N1Cc1ccco1. The summed E-state index contributed by atoms with van der Waals surface area (Å²) in [7, 11) is 0. The molecule has 0 bridgehead atoms. The van der Waals surface area contributed by atoms with Gasteiger partial charge in [-0.3, -0.25) is 19.8 Å². The summed E-state index contributed by atoms with van der Waals surface area (Å²) >= 11 is 7.14. The molecule has 10 heteroatoms. The number of hydrogen-bond acceptors (Lipinski definition) is 7. The van der Waals surface area contributed by atoms with Gasteiger partial charge in [-0.2, -0.15) is 0 Å². The third-order valence-corrected chi connectivity index (χ3v) is 6.42. The Hall–Kier alpha value is -4.08. The molecule has 2 aromatic heterocycles. The number of carbonyl (C=O) groups is 1. The second-order valence-corrected chi connectivity index (χ2v) is 8.85. The van der Waals surface area contributed by atoms with Crippen LogP contribution in [0.1, 0.15) is 11.5 Å². The Morgan fingerprint density at radius 2 is 1.91 bits per heavy atom. The van der Waals surface area contributed by atoms with Crippen molar-refractivity contribution < 1.29 is 18.6 Å². The van der Waals surface area contributed by atoms with Gasteiger partial charge in [-0.15, -0.1) is 0 Å². The van der Waals surface area contributed by atoms with Crippen molar-refractivity contribution in [3.63, 3.8) is 0 Å². The Bertz CT molecular complexity index is 1460. The van der Waals surface area contributed by atoms with Crippen LogP contribution < -0.4 is 0 Å². The summed E-state index contributed by atoms with van der Waals surface area (Å²) in [5.41, 5.74) is 1.01. The molecule has 1 fully saturated rings. The van der Waals surface area contributed by atoms with Gasteiger partial charge in [0.15, 0.2) is 5.17 Å². The molecule has 174 valence electrons. The van der Waals surface area contributed by atoms with Gasteiger partial charge in [0.05, 0.1) is 28.3 Å². The van der Waals surface area contributed by atoms with Crippen LogP contribution in [0, 0.1) is 10.1 Å². The van der Waals surface area contributed by atoms with Gasteiger partial charge in [0.25, 0.3) is 11.6 Å². The molecule has 0 unspecified atom stereocenters. The normalized spacial score (nSPS) is 15.9. The Labute approximate surface area is 208 Å². The molecule has 0 saturated carbocycles. The molecule has 2 aromatic carbocycles. The van der Waals surface area contributed by atoms with Gasteiger partial charge in [0.1, 0.15) is 22.3 Å². The third-order valence-electron chi connectivity index (χ3n) is 5.09. The summed E-state index contributed by atoms with van der Waals surface area (Å²) in [6.45, 7) is 0.236. The Morgan fingerprint density at radius 1 is 1.09 bits per heavy atom. The van der Waals surface area contributed by atoms with Crippen molar-refractivity contribution in [1.29, 1.82) is 0 Å². The van der Waals surface area contributed by atoms with E-state index in [0.717, 1.165) is 5.69 Å². The van der Waals surface area contributed by atoms with Gasteiger partial charge in [0.2, 0.25) is 0 Å². The summed E-state index contributed by atoms with van der Waals surface area (Å²) in [5, 5.41) is 11.8. The van der Waals surface area contributed by atoms with Gasteiger partial charge < -0.3 is 8.83 Å². The van der Waals surface area contributed by atoms with Gasteiger partial charge in [-0.05, 0) is 60.3 Å². The lowest BCUT2D eigenvalue weighted by molar-refractivity contribution is -0.384. The molecule has 5 rings (SSSR count). The van der Waals surface area contributed by atoms with Crippen molar-refractivity contribution in [3.8, 4) is 11.3 Å². The predicted octanol–water partition coefficient (Wildman–Crippen LogP) is 6.91. The average molecular weight is 506 g/mol. The minimum absolute atomic E-state index is 0.0440. The lowest BCUT2D eigenvalue weighted by Gasteiger charge is -2.13. The fourth-order valence-electron chi connectivity index (χ4n) is 3.42. The number of furan rings is 2. The van der Waals surface area contributed by atoms with E-state index in [4.69, 9.17) is 20.4 Å². The first kappa shape index (κ1) is 22.7. The number of aliphatic imine (C=N–C) groups is 1. The number of benzene rings is 2. The second kappa shape index (κ2) is 9.65. The minimum atomic E-state index is -0.549. The number of rotatable bonds is 6. The molecule has 35 heavy (non-hydrogen) atoms. The van der Waals surface area contributed by atoms with Crippen molar-refractivity contribution in [2.75, 3.05) is 0 Å². The van der Waals surface area contributed by atoms with Gasteiger partial charge in [0, 0.05) is 17.7 Å². The van der Waals surface area contributed by atoms with E-state index in [1.54, 1.807) is 47.6 Å². The van der Waals surface area contributed by atoms with Gasteiger partial charge in [-0.25, -0.2) is 4.99 Å². The smallest absolute Gasteiger partial charge is 0.288 e. The van der Waals surface area contributed by atoms with E-state index in [9.17, 15) is 14.9 Å². The van der Waals surface area contributed by atoms with Crippen LogP contribution in [0.5, 0.6) is 0 Å². The number of hydrogen-bond donors (Lipinski definition) is 0. The summed E-state index contributed by atoms with van der Waals surface area (Å²) in [6.07, 6.45) is 3.18. The molecular weight excluding hydrogens is 490 g/mol. The number of nitrogens with zero attached hydrogens (tertiary/aromatic N) is 3. The van der Waals surface area contributed by atoms with E-state index in [1.807, 2.05) is 30.3 Å². The molecule has 0 radical (unpaired) electrons. The van der Waals surface area contributed by atoms with E-state index in [1.165, 1.54) is 23.9 Å². The quantitative estimate of drug-likeness (QED) is 0.160. The molecule has 3 heterocycles. The third kappa shape index (κ3) is 4.91. The highest BCUT2D eigenvalue weighted by Gasteiger charge is 2.34. The van der Waals surface area contributed by atoms with Crippen LogP contribution in [0.3, 0.4) is 0 Å². The fraction of sp³-hybridized carbons (Fsp3) is 0.0400. The zero-order valence-corrected chi connectivity index (χ0v) is 19.5. The molecule has 0 aliphatic carbocycles. The first-order valence-corrected chi connectivity index (χ1v) is 11.6. The van der Waals surface area contributed by atoms with Crippen LogP contribution in [0.2, 0.25) is 5.02 Å². The highest BCUT2D eigenvalue weighted by Crippen LogP contribution is 2.36. The molecule has 1 aliphatic heterocycles. The lowest BCUT2D eigenvalue weighted by Crippen LogP contribution is -2.28. The van der Waals surface area contributed by atoms with Crippen LogP contribution in [0.25, 0.3) is 17.4 Å². The second-order valence-electron chi connectivity index (χ2n) is 7.44. The summed E-state index contributed by atoms with van der Waals surface area (Å²) in [4.78, 5) is 30.5. The average Bonchev–Trinajstić information content (AvgIpc) is 3.59. The highest BCUT2D eigenvalue weighted by atomic mass is 35.5. The summed E-state index contributed by atoms with van der Waals surface area (Å²) in [6, 6.07) is 20.7. The summed E-state index contributed by atoms with van der Waals surface area (Å²) in [5.74, 6) is 1.23. The number of nitro benzene ring substituents is 1. The maximum absolute atomic E-state index is 13.3. The molecule has 0 spiro atoms. The summed E-state index contributed by atoms with van der Waals surface area (Å²) < 4.78 is 11.3. The van der Waals surface area contributed by atoms with Crippen molar-refractivity contribution in [2.45, 2.75) is 6.54 Å². The number of halogens is 1. The number of carbonyl (C=O) groups excluding carboxylic acids is 1. The Morgan fingerprint density at radius 3 is 2.66 bits per heavy atom. The van der Waals surface area contributed by atoms with Crippen molar-refractivity contribution in [2.24, 2.45) is 4.99 Å². The maximum atomic E-state index is 13.3. The van der Waals surface area contributed by atoms with Crippen molar-refractivity contribution in [1.82, 2.24) is 4.90 Å². The van der Waals surface area contributed by atoms with Crippen LogP contribution in [-0.2, 0) is 11.3 Å². The number of thioether (sulfide) groups is 1. The zero-order valence-electron chi connectivity index (χ0n) is 18.0. The van der Waals surface area contributed by atoms with Gasteiger partial charge >= 0.3 is 0 Å². The molecule has 1 amide bonds. The number of para-hydroxylation sites is 1. The molecule has 0 N–H and O–H groups in total. The molecule has 4 aromatic rings. The predicted molar refractivity (Wildman–Crippen MR) is 134 cm³/mol. The maximum Gasteiger partial charge on any atom is 0.288 e. The van der Waals surface area contributed by atoms with Gasteiger partial charge in [-0.1, -0.05) is 29.8 Å². The number of nitro groups is 1. The molecule has 1 saturated heterocycles. The monoisotopic (exact) mass is 505 g/mol. The van der Waals surface area contributed by atoms with Crippen molar-refractivity contribution in [3.05, 3.63) is 111 Å². The van der Waals surface area contributed by atoms with Crippen LogP contribution in [0.15, 0.2) is 97.8 Å². The first-order valence-electron chi connectivity index (χ1n) is 10.4. The number of amides is 1. The van der Waals surface area contributed by atoms with E-state index < -0.39 is 4.92 Å².